The van der Waals surface area contributed by atoms with E-state index in [1.165, 1.54) is 48.5 Å². The lowest BCUT2D eigenvalue weighted by molar-refractivity contribution is 0.0352. The van der Waals surface area contributed by atoms with Gasteiger partial charge in [-0.1, -0.05) is 80.1 Å². The molecule has 0 amide bonds. The van der Waals surface area contributed by atoms with Crippen LogP contribution in [0.5, 0.6) is 0 Å². The molecule has 2 aromatic carbocycles. The molecule has 0 saturated heterocycles. The van der Waals surface area contributed by atoms with Crippen LogP contribution in [0.25, 0.3) is 0 Å². The second kappa shape index (κ2) is 4.70. The Bertz CT molecular complexity index is 601. The highest BCUT2D eigenvalue weighted by atomic mass is 32.5. The van der Waals surface area contributed by atoms with Crippen LogP contribution in [0.15, 0.2) is 60.7 Å². The fourth-order valence-electron chi connectivity index (χ4n) is 2.43. The Morgan fingerprint density at radius 3 is 1.41 bits per heavy atom. The second-order valence-corrected chi connectivity index (χ2v) is 7.58. The first-order valence-electron chi connectivity index (χ1n) is 6.35. The number of halogens is 5. The molecule has 1 nitrogen and oxygen atoms in total. The normalized spacial score (nSPS) is 15.9. The summed E-state index contributed by atoms with van der Waals surface area (Å²) in [4.78, 5) is 0. The molecule has 7 heteroatoms. The Morgan fingerprint density at radius 1 is 0.773 bits per heavy atom. The summed E-state index contributed by atoms with van der Waals surface area (Å²) in [6.45, 7) is 0. The molecule has 122 valence electrons. The molecule has 0 aliphatic heterocycles. The van der Waals surface area contributed by atoms with E-state index in [0.717, 1.165) is 7.11 Å². The van der Waals surface area contributed by atoms with E-state index < -0.39 is 21.6 Å². The fraction of sp³-hybridized carbons (Fsp3) is 0.200. The van der Waals surface area contributed by atoms with Crippen LogP contribution in [0, 0.1) is 0 Å². The minimum absolute atomic E-state index is 0.0250. The van der Waals surface area contributed by atoms with E-state index in [1.54, 1.807) is 12.1 Å². The lowest BCUT2D eigenvalue weighted by atomic mass is 9.88. The van der Waals surface area contributed by atoms with Crippen LogP contribution in [-0.2, 0) is 10.3 Å². The van der Waals surface area contributed by atoms with Crippen LogP contribution in [0.1, 0.15) is 11.1 Å². The maximum Gasteiger partial charge on any atom is 0.289 e. The summed E-state index contributed by atoms with van der Waals surface area (Å²) in [5.74, 6) is -2.35. The van der Waals surface area contributed by atoms with Crippen molar-refractivity contribution >= 4 is 10.2 Å². The van der Waals surface area contributed by atoms with Crippen molar-refractivity contribution in [1.29, 1.82) is 0 Å². The molecular weight excluding hydrogens is 323 g/mol. The molecule has 0 unspecified atom stereocenters. The monoisotopic (exact) mass is 338 g/mol. The minimum Gasteiger partial charge on any atom is -0.368 e. The topological polar surface area (TPSA) is 9.23 Å². The highest BCUT2D eigenvalue weighted by Crippen LogP contribution is 2.98. The van der Waals surface area contributed by atoms with Crippen LogP contribution < -0.4 is 0 Å². The molecule has 0 atom stereocenters. The molecule has 0 heterocycles. The summed E-state index contributed by atoms with van der Waals surface area (Å²) in [5.41, 5.74) is -2.24. The molecule has 2 rings (SSSR count). The van der Waals surface area contributed by atoms with Crippen molar-refractivity contribution in [2.45, 2.75) is 5.60 Å². The highest BCUT2D eigenvalue weighted by molar-refractivity contribution is 8.45. The zero-order chi connectivity index (χ0) is 16.5. The van der Waals surface area contributed by atoms with Crippen LogP contribution in [-0.4, -0.2) is 12.9 Å². The van der Waals surface area contributed by atoms with Gasteiger partial charge in [0.15, 0.2) is 0 Å². The molecule has 0 saturated carbocycles. The van der Waals surface area contributed by atoms with Crippen molar-refractivity contribution in [1.82, 2.24) is 0 Å². The van der Waals surface area contributed by atoms with Crippen LogP contribution in [0.2, 0.25) is 0 Å². The van der Waals surface area contributed by atoms with Crippen molar-refractivity contribution in [3.05, 3.63) is 71.8 Å². The average molecular weight is 338 g/mol. The number of ether oxygens (including phenoxy) is 1. The van der Waals surface area contributed by atoms with Gasteiger partial charge in [0.05, 0.1) is 0 Å². The smallest absolute Gasteiger partial charge is 0.289 e. The van der Waals surface area contributed by atoms with Crippen molar-refractivity contribution < 1.29 is 24.2 Å². The summed E-state index contributed by atoms with van der Waals surface area (Å²) in [6, 6.07) is 14.5. The zero-order valence-corrected chi connectivity index (χ0v) is 12.5. The summed E-state index contributed by atoms with van der Waals surface area (Å²) in [6.07, 6.45) is 0. The van der Waals surface area contributed by atoms with Gasteiger partial charge in [0.2, 0.25) is 0 Å². The predicted octanol–water partition coefficient (Wildman–Crippen LogP) is 5.88. The first-order chi connectivity index (χ1) is 9.95. The molecule has 0 fully saturated rings. The number of hydrogen-bond acceptors (Lipinski definition) is 1. The fourth-order valence-corrected chi connectivity index (χ4v) is 3.65. The van der Waals surface area contributed by atoms with Crippen LogP contribution in [0.3, 0.4) is 0 Å². The number of benzene rings is 2. The van der Waals surface area contributed by atoms with E-state index in [-0.39, 0.29) is 11.1 Å². The molecule has 0 aliphatic carbocycles. The Labute approximate surface area is 125 Å². The SMILES string of the molecule is COC(CS(F)(F)(F)(F)F)(c1ccccc1)c1ccccc1. The van der Waals surface area contributed by atoms with Crippen LogP contribution >= 0.6 is 10.2 Å². The maximum absolute atomic E-state index is 13.2. The standard InChI is InChI=1S/C15H15F5OS/c1-21-15(12-22(16,17,18,19)20,13-8-4-2-5-9-13)14-10-6-3-7-11-14/h2-11H,12H2,1H3. The van der Waals surface area contributed by atoms with E-state index in [1.807, 2.05) is 0 Å². The Kier molecular flexibility index (Phi) is 3.58. The molecule has 0 bridgehead atoms. The maximum atomic E-state index is 13.2. The number of rotatable bonds is 5. The van der Waals surface area contributed by atoms with E-state index in [4.69, 9.17) is 4.74 Å². The Morgan fingerprint density at radius 2 is 1.14 bits per heavy atom. The van der Waals surface area contributed by atoms with E-state index in [0.29, 0.717) is 0 Å². The molecule has 0 N–H and O–H groups in total. The first-order valence-corrected chi connectivity index (χ1v) is 8.47. The van der Waals surface area contributed by atoms with Gasteiger partial charge in [0, 0.05) is 7.11 Å². The first kappa shape index (κ1) is 16.8. The molecule has 0 spiro atoms. The average Bonchev–Trinajstić information content (AvgIpc) is 2.44. The Hall–Kier alpha value is -1.60. The number of hydrogen-bond donors (Lipinski definition) is 0. The Balaban J connectivity index is 2.70. The van der Waals surface area contributed by atoms with Crippen molar-refractivity contribution in [3.8, 4) is 0 Å². The van der Waals surface area contributed by atoms with Gasteiger partial charge in [-0.05, 0) is 11.1 Å². The lowest BCUT2D eigenvalue weighted by Crippen LogP contribution is -2.39. The molecule has 0 aromatic heterocycles. The summed E-state index contributed by atoms with van der Waals surface area (Å²) in [5, 5.41) is 0. The molecular formula is C15H15F5OS. The van der Waals surface area contributed by atoms with Gasteiger partial charge in [0.1, 0.15) is 11.4 Å². The molecule has 22 heavy (non-hydrogen) atoms. The predicted molar refractivity (Wildman–Crippen MR) is 78.7 cm³/mol. The van der Waals surface area contributed by atoms with Gasteiger partial charge < -0.3 is 4.74 Å². The zero-order valence-electron chi connectivity index (χ0n) is 11.7. The molecule has 0 aliphatic rings. The molecule has 2 aromatic rings. The van der Waals surface area contributed by atoms with Gasteiger partial charge in [-0.2, -0.15) is 0 Å². The van der Waals surface area contributed by atoms with Gasteiger partial charge >= 0.3 is 0 Å². The van der Waals surface area contributed by atoms with Gasteiger partial charge in [-0.25, -0.2) is 0 Å². The molecule has 0 radical (unpaired) electrons. The summed E-state index contributed by atoms with van der Waals surface area (Å²) >= 11 is 0. The lowest BCUT2D eigenvalue weighted by Gasteiger charge is -2.47. The highest BCUT2D eigenvalue weighted by Gasteiger charge is 2.68. The van der Waals surface area contributed by atoms with Crippen molar-refractivity contribution in [2.75, 3.05) is 12.9 Å². The van der Waals surface area contributed by atoms with E-state index in [9.17, 15) is 19.4 Å². The van der Waals surface area contributed by atoms with Crippen molar-refractivity contribution in [2.24, 2.45) is 0 Å². The van der Waals surface area contributed by atoms with E-state index >= 15 is 0 Å². The van der Waals surface area contributed by atoms with Crippen molar-refractivity contribution in [3.63, 3.8) is 0 Å². The van der Waals surface area contributed by atoms with Gasteiger partial charge in [-0.15, -0.1) is 0 Å². The largest absolute Gasteiger partial charge is 0.368 e. The minimum atomic E-state index is -9.72. The number of methoxy groups -OCH3 is 1. The summed E-state index contributed by atoms with van der Waals surface area (Å²) in [7, 11) is -8.72. The third-order valence-corrected chi connectivity index (χ3v) is 4.26. The van der Waals surface area contributed by atoms with E-state index in [2.05, 4.69) is 0 Å². The van der Waals surface area contributed by atoms with Crippen LogP contribution in [0.4, 0.5) is 19.4 Å². The quantitative estimate of drug-likeness (QED) is 0.619. The second-order valence-electron chi connectivity index (χ2n) is 5.04. The van der Waals surface area contributed by atoms with Gasteiger partial charge in [0.25, 0.3) is 10.2 Å². The summed E-state index contributed by atoms with van der Waals surface area (Å²) < 4.78 is 71.0. The third-order valence-electron chi connectivity index (χ3n) is 3.30. The van der Waals surface area contributed by atoms with Gasteiger partial charge in [-0.3, -0.25) is 0 Å². The third kappa shape index (κ3) is 3.98.